The molecular weight excluding hydrogens is 174 g/mol. The first-order chi connectivity index (χ1) is 6.85. The van der Waals surface area contributed by atoms with Crippen LogP contribution in [0.15, 0.2) is 18.2 Å². The molecule has 0 spiro atoms. The molecule has 2 rings (SSSR count). The van der Waals surface area contributed by atoms with E-state index in [0.717, 1.165) is 30.6 Å². The van der Waals surface area contributed by atoms with Crippen molar-refractivity contribution in [2.24, 2.45) is 0 Å². The lowest BCUT2D eigenvalue weighted by atomic mass is 10.1. The number of hydrogen-bond acceptors (Lipinski definition) is 2. The van der Waals surface area contributed by atoms with Gasteiger partial charge in [0.05, 0.1) is 11.7 Å². The third kappa shape index (κ3) is 1.72. The van der Waals surface area contributed by atoms with Gasteiger partial charge in [-0.3, -0.25) is 0 Å². The molecule has 2 nitrogen and oxygen atoms in total. The normalized spacial score (nSPS) is 14.9. The SMILES string of the molecule is CCc1cccc(OC2CC2)c1C#N. The van der Waals surface area contributed by atoms with Crippen molar-refractivity contribution in [3.05, 3.63) is 29.3 Å². The zero-order chi connectivity index (χ0) is 9.97. The van der Waals surface area contributed by atoms with Gasteiger partial charge in [-0.1, -0.05) is 19.1 Å². The number of hydrogen-bond donors (Lipinski definition) is 0. The Bertz CT molecular complexity index is 374. The van der Waals surface area contributed by atoms with E-state index in [1.807, 2.05) is 18.2 Å². The van der Waals surface area contributed by atoms with Crippen LogP contribution < -0.4 is 4.74 Å². The summed E-state index contributed by atoms with van der Waals surface area (Å²) in [5, 5.41) is 9.03. The van der Waals surface area contributed by atoms with Crippen LogP contribution >= 0.6 is 0 Å². The lowest BCUT2D eigenvalue weighted by Crippen LogP contribution is -2.00. The van der Waals surface area contributed by atoms with Crippen LogP contribution in [0.4, 0.5) is 0 Å². The summed E-state index contributed by atoms with van der Waals surface area (Å²) in [6, 6.07) is 8.05. The molecule has 14 heavy (non-hydrogen) atoms. The Morgan fingerprint density at radius 3 is 2.86 bits per heavy atom. The number of rotatable bonds is 3. The molecule has 0 aliphatic heterocycles. The molecule has 0 unspecified atom stereocenters. The molecule has 0 saturated heterocycles. The van der Waals surface area contributed by atoms with Gasteiger partial charge in [0.15, 0.2) is 0 Å². The minimum absolute atomic E-state index is 0.356. The van der Waals surface area contributed by atoms with E-state index in [-0.39, 0.29) is 0 Å². The molecule has 1 aliphatic carbocycles. The maximum absolute atomic E-state index is 9.03. The van der Waals surface area contributed by atoms with E-state index < -0.39 is 0 Å². The highest BCUT2D eigenvalue weighted by Crippen LogP contribution is 2.30. The van der Waals surface area contributed by atoms with Crippen molar-refractivity contribution in [1.29, 1.82) is 5.26 Å². The predicted octanol–water partition coefficient (Wildman–Crippen LogP) is 2.66. The maximum Gasteiger partial charge on any atom is 0.137 e. The van der Waals surface area contributed by atoms with E-state index in [9.17, 15) is 0 Å². The highest BCUT2D eigenvalue weighted by atomic mass is 16.5. The van der Waals surface area contributed by atoms with Crippen LogP contribution in [0.2, 0.25) is 0 Å². The summed E-state index contributed by atoms with van der Waals surface area (Å²) in [6.07, 6.45) is 3.49. The maximum atomic E-state index is 9.03. The van der Waals surface area contributed by atoms with Gasteiger partial charge < -0.3 is 4.74 Å². The fourth-order valence-electron chi connectivity index (χ4n) is 1.46. The fraction of sp³-hybridized carbons (Fsp3) is 0.417. The Hall–Kier alpha value is -1.49. The van der Waals surface area contributed by atoms with Gasteiger partial charge in [-0.2, -0.15) is 5.26 Å². The van der Waals surface area contributed by atoms with Gasteiger partial charge in [0, 0.05) is 0 Å². The minimum atomic E-state index is 0.356. The Kier molecular flexibility index (Phi) is 2.41. The van der Waals surface area contributed by atoms with Gasteiger partial charge in [0.1, 0.15) is 11.8 Å². The first-order valence-electron chi connectivity index (χ1n) is 5.03. The molecule has 2 heteroatoms. The van der Waals surface area contributed by atoms with Crippen molar-refractivity contribution in [2.75, 3.05) is 0 Å². The van der Waals surface area contributed by atoms with E-state index in [0.29, 0.717) is 11.7 Å². The zero-order valence-corrected chi connectivity index (χ0v) is 8.29. The summed E-state index contributed by atoms with van der Waals surface area (Å²) in [6.45, 7) is 2.05. The molecule has 72 valence electrons. The summed E-state index contributed by atoms with van der Waals surface area (Å²) in [5.41, 5.74) is 1.78. The quantitative estimate of drug-likeness (QED) is 0.728. The highest BCUT2D eigenvalue weighted by molar-refractivity contribution is 5.49. The molecule has 1 aliphatic rings. The molecule has 0 bridgehead atoms. The van der Waals surface area contributed by atoms with Gasteiger partial charge in [-0.05, 0) is 30.9 Å². The first kappa shape index (κ1) is 9.08. The number of aryl methyl sites for hydroxylation is 1. The molecule has 1 fully saturated rings. The Labute approximate surface area is 84.1 Å². The van der Waals surface area contributed by atoms with Crippen LogP contribution in [0.1, 0.15) is 30.9 Å². The average Bonchev–Trinajstić information content (AvgIpc) is 3.01. The fourth-order valence-corrected chi connectivity index (χ4v) is 1.46. The van der Waals surface area contributed by atoms with Crippen molar-refractivity contribution in [2.45, 2.75) is 32.3 Å². The molecule has 1 aromatic carbocycles. The first-order valence-corrected chi connectivity index (χ1v) is 5.03. The van der Waals surface area contributed by atoms with Crippen molar-refractivity contribution in [3.8, 4) is 11.8 Å². The largest absolute Gasteiger partial charge is 0.489 e. The summed E-state index contributed by atoms with van der Waals surface area (Å²) >= 11 is 0. The molecule has 1 saturated carbocycles. The number of ether oxygens (including phenoxy) is 1. The van der Waals surface area contributed by atoms with Crippen LogP contribution in [-0.4, -0.2) is 6.10 Å². The number of benzene rings is 1. The summed E-state index contributed by atoms with van der Waals surface area (Å²) in [4.78, 5) is 0. The second-order valence-corrected chi connectivity index (χ2v) is 3.57. The second kappa shape index (κ2) is 3.71. The molecule has 1 aromatic rings. The lowest BCUT2D eigenvalue weighted by molar-refractivity contribution is 0.302. The van der Waals surface area contributed by atoms with E-state index in [4.69, 9.17) is 10.00 Å². The van der Waals surface area contributed by atoms with Crippen LogP contribution in [0.25, 0.3) is 0 Å². The summed E-state index contributed by atoms with van der Waals surface area (Å²) in [7, 11) is 0. The van der Waals surface area contributed by atoms with Crippen molar-refractivity contribution < 1.29 is 4.74 Å². The molecule has 0 amide bonds. The third-order valence-corrected chi connectivity index (χ3v) is 2.42. The van der Waals surface area contributed by atoms with Gasteiger partial charge in [0.25, 0.3) is 0 Å². The summed E-state index contributed by atoms with van der Waals surface area (Å²) < 4.78 is 5.67. The van der Waals surface area contributed by atoms with Crippen LogP contribution in [-0.2, 0) is 6.42 Å². The molecule has 0 atom stereocenters. The smallest absolute Gasteiger partial charge is 0.137 e. The highest BCUT2D eigenvalue weighted by Gasteiger charge is 2.24. The number of nitriles is 1. The Morgan fingerprint density at radius 1 is 1.50 bits per heavy atom. The van der Waals surface area contributed by atoms with Crippen molar-refractivity contribution >= 4 is 0 Å². The number of nitrogens with zero attached hydrogens (tertiary/aromatic N) is 1. The van der Waals surface area contributed by atoms with E-state index >= 15 is 0 Å². The predicted molar refractivity (Wildman–Crippen MR) is 54.2 cm³/mol. The van der Waals surface area contributed by atoms with E-state index in [2.05, 4.69) is 13.0 Å². The topological polar surface area (TPSA) is 33.0 Å². The monoisotopic (exact) mass is 187 g/mol. The van der Waals surface area contributed by atoms with Gasteiger partial charge in [0.2, 0.25) is 0 Å². The van der Waals surface area contributed by atoms with Crippen LogP contribution in [0, 0.1) is 11.3 Å². The summed E-state index contributed by atoms with van der Waals surface area (Å²) in [5.74, 6) is 0.759. The van der Waals surface area contributed by atoms with E-state index in [1.165, 1.54) is 0 Å². The minimum Gasteiger partial charge on any atom is -0.489 e. The molecule has 0 heterocycles. The zero-order valence-electron chi connectivity index (χ0n) is 8.29. The Morgan fingerprint density at radius 2 is 2.29 bits per heavy atom. The van der Waals surface area contributed by atoms with Gasteiger partial charge in [-0.25, -0.2) is 0 Å². The molecular formula is C12H13NO. The lowest BCUT2D eigenvalue weighted by Gasteiger charge is -2.08. The van der Waals surface area contributed by atoms with E-state index in [1.54, 1.807) is 0 Å². The van der Waals surface area contributed by atoms with Crippen molar-refractivity contribution in [3.63, 3.8) is 0 Å². The average molecular weight is 187 g/mol. The molecule has 0 N–H and O–H groups in total. The Balaban J connectivity index is 2.32. The van der Waals surface area contributed by atoms with Gasteiger partial charge >= 0.3 is 0 Å². The molecule has 0 radical (unpaired) electrons. The van der Waals surface area contributed by atoms with Gasteiger partial charge in [-0.15, -0.1) is 0 Å². The van der Waals surface area contributed by atoms with Crippen LogP contribution in [0.3, 0.4) is 0 Å². The van der Waals surface area contributed by atoms with Crippen molar-refractivity contribution in [1.82, 2.24) is 0 Å². The second-order valence-electron chi connectivity index (χ2n) is 3.57. The standard InChI is InChI=1S/C12H13NO/c1-2-9-4-3-5-12(11(9)8-13)14-10-6-7-10/h3-5,10H,2,6-7H2,1H3. The molecule has 0 aromatic heterocycles. The third-order valence-electron chi connectivity index (χ3n) is 2.42. The van der Waals surface area contributed by atoms with Crippen LogP contribution in [0.5, 0.6) is 5.75 Å².